The molecule has 48 heavy (non-hydrogen) atoms. The fraction of sp³-hybridized carbons (Fsp3) is 0.303. The molecular formula is C33H34F3N5O5SSi. The summed E-state index contributed by atoms with van der Waals surface area (Å²) in [7, 11) is -5.80. The molecule has 1 atom stereocenters. The number of rotatable bonds is 11. The van der Waals surface area contributed by atoms with E-state index in [9.17, 15) is 17.6 Å². The van der Waals surface area contributed by atoms with E-state index in [1.165, 1.54) is 25.5 Å². The van der Waals surface area contributed by atoms with Crippen LogP contribution in [0, 0.1) is 17.5 Å². The number of halogens is 3. The van der Waals surface area contributed by atoms with Crippen molar-refractivity contribution in [3.63, 3.8) is 0 Å². The minimum atomic E-state index is -4.55. The van der Waals surface area contributed by atoms with Crippen LogP contribution >= 0.6 is 0 Å². The average molecular weight is 698 g/mol. The Labute approximate surface area is 276 Å². The molecule has 1 aliphatic carbocycles. The standard InChI is InChI=1S/C33H34F3N5O5SSi/c1-20(42)46-28-10-6-23-24(28)15-22(34)16-29(23)47(43,44)39-26-8-7-25(35)30(31(26)36)21-5-9-27-32(38-18-41(27)17-21)33-37-11-12-40(33)19-45-13-14-48(2,3)4/h5,7-9,11-12,15-18,28,39H,6,10,13-14,19H2,1-4H3. The van der Waals surface area contributed by atoms with E-state index in [0.717, 1.165) is 30.3 Å². The maximum atomic E-state index is 16.0. The quantitative estimate of drug-likeness (QED) is 0.0903. The smallest absolute Gasteiger partial charge is 0.303 e. The van der Waals surface area contributed by atoms with Gasteiger partial charge in [-0.2, -0.15) is 0 Å². The summed E-state index contributed by atoms with van der Waals surface area (Å²) in [6, 6.07) is 8.04. The van der Waals surface area contributed by atoms with E-state index in [4.69, 9.17) is 9.47 Å². The van der Waals surface area contributed by atoms with Gasteiger partial charge in [-0.25, -0.2) is 31.6 Å². The molecule has 1 aliphatic rings. The third-order valence-corrected chi connectivity index (χ3v) is 11.3. The third-order valence-electron chi connectivity index (χ3n) is 8.12. The van der Waals surface area contributed by atoms with Crippen LogP contribution in [0.15, 0.2) is 66.2 Å². The minimum Gasteiger partial charge on any atom is -0.458 e. The first-order valence-electron chi connectivity index (χ1n) is 15.3. The van der Waals surface area contributed by atoms with Gasteiger partial charge in [0.15, 0.2) is 11.6 Å². The van der Waals surface area contributed by atoms with E-state index in [1.54, 1.807) is 22.9 Å². The molecule has 15 heteroatoms. The molecule has 2 aromatic carbocycles. The van der Waals surface area contributed by atoms with Gasteiger partial charge in [0, 0.05) is 45.8 Å². The zero-order valence-electron chi connectivity index (χ0n) is 26.8. The number of benzene rings is 2. The van der Waals surface area contributed by atoms with Crippen LogP contribution in [0.3, 0.4) is 0 Å². The number of pyridine rings is 1. The van der Waals surface area contributed by atoms with Crippen molar-refractivity contribution in [1.29, 1.82) is 0 Å². The van der Waals surface area contributed by atoms with Crippen molar-refractivity contribution in [2.24, 2.45) is 0 Å². The summed E-state index contributed by atoms with van der Waals surface area (Å²) in [5.41, 5.74) is 0.787. The number of hydrogen-bond donors (Lipinski definition) is 1. The van der Waals surface area contributed by atoms with Gasteiger partial charge < -0.3 is 18.4 Å². The number of aromatic nitrogens is 4. The first kappa shape index (κ1) is 33.4. The normalized spacial score (nSPS) is 14.8. The lowest BCUT2D eigenvalue weighted by atomic mass is 10.0. The maximum Gasteiger partial charge on any atom is 0.303 e. The van der Waals surface area contributed by atoms with Gasteiger partial charge in [-0.05, 0) is 60.3 Å². The number of hydrogen-bond acceptors (Lipinski definition) is 7. The van der Waals surface area contributed by atoms with Crippen molar-refractivity contribution < 1.29 is 35.9 Å². The predicted octanol–water partition coefficient (Wildman–Crippen LogP) is 6.95. The third kappa shape index (κ3) is 6.75. The monoisotopic (exact) mass is 697 g/mol. The van der Waals surface area contributed by atoms with E-state index in [0.29, 0.717) is 30.4 Å². The summed E-state index contributed by atoms with van der Waals surface area (Å²) in [5.74, 6) is -2.96. The Morgan fingerprint density at radius 2 is 1.90 bits per heavy atom. The molecule has 1 N–H and O–H groups in total. The van der Waals surface area contributed by atoms with Gasteiger partial charge in [-0.15, -0.1) is 0 Å². The number of nitrogens with zero attached hydrogens (tertiary/aromatic N) is 4. The molecule has 252 valence electrons. The van der Waals surface area contributed by atoms with Gasteiger partial charge in [0.1, 0.15) is 36.5 Å². The minimum absolute atomic E-state index is 0.122. The number of nitrogens with one attached hydrogen (secondary N) is 1. The van der Waals surface area contributed by atoms with Crippen LogP contribution in [0.2, 0.25) is 25.7 Å². The molecule has 6 rings (SSSR count). The zero-order valence-corrected chi connectivity index (χ0v) is 28.6. The molecule has 0 bridgehead atoms. The van der Waals surface area contributed by atoms with E-state index in [1.807, 2.05) is 4.57 Å². The molecule has 1 unspecified atom stereocenters. The lowest BCUT2D eigenvalue weighted by Gasteiger charge is -2.16. The average Bonchev–Trinajstić information content (AvgIpc) is 3.74. The topological polar surface area (TPSA) is 117 Å². The van der Waals surface area contributed by atoms with Gasteiger partial charge >= 0.3 is 5.97 Å². The first-order valence-corrected chi connectivity index (χ1v) is 20.5. The largest absolute Gasteiger partial charge is 0.458 e. The summed E-state index contributed by atoms with van der Waals surface area (Å²) in [6.45, 7) is 8.96. The van der Waals surface area contributed by atoms with Crippen LogP contribution in [-0.4, -0.2) is 48.0 Å². The molecule has 0 amide bonds. The zero-order chi connectivity index (χ0) is 34.4. The Balaban J connectivity index is 1.28. The van der Waals surface area contributed by atoms with Crippen LogP contribution in [-0.2, 0) is 37.4 Å². The Hall–Kier alpha value is -4.47. The SMILES string of the molecule is CC(=O)OC1CCc2c1cc(F)cc2S(=O)(=O)Nc1ccc(F)c(-c2ccc3c(-c4nccn4COCC[Si](C)(C)C)ncn3c2)c1F. The highest BCUT2D eigenvalue weighted by Gasteiger charge is 2.33. The molecule has 0 saturated heterocycles. The molecule has 3 heterocycles. The Morgan fingerprint density at radius 3 is 2.65 bits per heavy atom. The fourth-order valence-electron chi connectivity index (χ4n) is 5.77. The Bertz CT molecular complexity index is 2150. The van der Waals surface area contributed by atoms with E-state index >= 15 is 8.78 Å². The molecule has 3 aromatic heterocycles. The predicted molar refractivity (Wildman–Crippen MR) is 176 cm³/mol. The summed E-state index contributed by atoms with van der Waals surface area (Å²) in [5, 5.41) is 0. The molecule has 0 fully saturated rings. The number of carbonyl (C=O) groups excluding carboxylic acids is 1. The van der Waals surface area contributed by atoms with Crippen molar-refractivity contribution in [3.8, 4) is 22.6 Å². The van der Waals surface area contributed by atoms with Crippen LogP contribution in [0.5, 0.6) is 0 Å². The van der Waals surface area contributed by atoms with Gasteiger partial charge in [0.25, 0.3) is 10.0 Å². The molecule has 0 radical (unpaired) electrons. The number of esters is 1. The maximum absolute atomic E-state index is 16.0. The lowest BCUT2D eigenvalue weighted by molar-refractivity contribution is -0.146. The number of fused-ring (bicyclic) bond motifs is 2. The van der Waals surface area contributed by atoms with E-state index in [2.05, 4.69) is 34.3 Å². The number of sulfonamides is 1. The molecular weight excluding hydrogens is 664 g/mol. The van der Waals surface area contributed by atoms with Crippen LogP contribution in [0.25, 0.3) is 28.2 Å². The van der Waals surface area contributed by atoms with Crippen LogP contribution in [0.1, 0.15) is 30.6 Å². The van der Waals surface area contributed by atoms with Crippen molar-refractivity contribution in [2.45, 2.75) is 63.2 Å². The van der Waals surface area contributed by atoms with Crippen molar-refractivity contribution in [3.05, 3.63) is 89.9 Å². The number of imidazole rings is 2. The van der Waals surface area contributed by atoms with Gasteiger partial charge in [0.05, 0.1) is 21.7 Å². The van der Waals surface area contributed by atoms with Gasteiger partial charge in [0.2, 0.25) is 0 Å². The highest BCUT2D eigenvalue weighted by molar-refractivity contribution is 7.92. The van der Waals surface area contributed by atoms with Crippen molar-refractivity contribution in [2.75, 3.05) is 11.3 Å². The summed E-state index contributed by atoms with van der Waals surface area (Å²) in [6.07, 6.45) is 6.07. The second kappa shape index (κ2) is 12.9. The van der Waals surface area contributed by atoms with Crippen LogP contribution < -0.4 is 4.72 Å². The lowest BCUT2D eigenvalue weighted by Crippen LogP contribution is -2.22. The number of anilines is 1. The first-order chi connectivity index (χ1) is 22.7. The van der Waals surface area contributed by atoms with Gasteiger partial charge in [-0.1, -0.05) is 25.7 Å². The second-order valence-corrected chi connectivity index (χ2v) is 20.1. The molecule has 0 saturated carbocycles. The molecule has 5 aromatic rings. The van der Waals surface area contributed by atoms with Crippen molar-refractivity contribution >= 4 is 35.3 Å². The fourth-order valence-corrected chi connectivity index (χ4v) is 7.89. The molecule has 0 aliphatic heterocycles. The number of carbonyl (C=O) groups is 1. The summed E-state index contributed by atoms with van der Waals surface area (Å²) < 4.78 is 89.5. The summed E-state index contributed by atoms with van der Waals surface area (Å²) in [4.78, 5) is 20.0. The van der Waals surface area contributed by atoms with E-state index < -0.39 is 63.8 Å². The number of ether oxygens (including phenoxy) is 2. The van der Waals surface area contributed by atoms with E-state index in [-0.39, 0.29) is 29.5 Å². The highest BCUT2D eigenvalue weighted by Crippen LogP contribution is 2.40. The Morgan fingerprint density at radius 1 is 1.10 bits per heavy atom. The van der Waals surface area contributed by atoms with Crippen LogP contribution in [0.4, 0.5) is 18.9 Å². The summed E-state index contributed by atoms with van der Waals surface area (Å²) >= 11 is 0. The second-order valence-electron chi connectivity index (χ2n) is 12.9. The highest BCUT2D eigenvalue weighted by atomic mass is 32.2. The van der Waals surface area contributed by atoms with Crippen molar-refractivity contribution in [1.82, 2.24) is 18.9 Å². The molecule has 10 nitrogen and oxygen atoms in total. The Kier molecular flexibility index (Phi) is 8.95. The molecule has 0 spiro atoms. The van der Waals surface area contributed by atoms with Gasteiger partial charge in [-0.3, -0.25) is 9.52 Å².